The molecule has 0 saturated heterocycles. The predicted octanol–water partition coefficient (Wildman–Crippen LogP) is 4.57. The summed E-state index contributed by atoms with van der Waals surface area (Å²) >= 11 is 12.0. The zero-order chi connectivity index (χ0) is 13.0. The van der Waals surface area contributed by atoms with E-state index in [2.05, 4.69) is 6.58 Å². The van der Waals surface area contributed by atoms with Gasteiger partial charge in [-0.3, -0.25) is 0 Å². The second-order valence-electron chi connectivity index (χ2n) is 4.27. The minimum Gasteiger partial charge on any atom is -0.204 e. The van der Waals surface area contributed by atoms with Crippen molar-refractivity contribution < 1.29 is 13.2 Å². The Hall–Kier alpha value is -0.670. The molecule has 1 fully saturated rings. The lowest BCUT2D eigenvalue weighted by Gasteiger charge is -2.02. The highest BCUT2D eigenvalue weighted by molar-refractivity contribution is 6.52. The smallest absolute Gasteiger partial charge is 0.194 e. The van der Waals surface area contributed by atoms with E-state index >= 15 is 0 Å². The molecule has 0 heterocycles. The number of hydrogen-bond acceptors (Lipinski definition) is 0. The molecule has 5 heteroatoms. The van der Waals surface area contributed by atoms with Crippen molar-refractivity contribution in [3.05, 3.63) is 47.3 Å². The van der Waals surface area contributed by atoms with E-state index in [9.17, 15) is 13.2 Å². The molecule has 2 rings (SSSR count). The Morgan fingerprint density at radius 1 is 1.24 bits per heavy atom. The van der Waals surface area contributed by atoms with Gasteiger partial charge < -0.3 is 0 Å². The summed E-state index contributed by atoms with van der Waals surface area (Å²) in [5.74, 6) is -4.69. The first kappa shape index (κ1) is 12.8. The number of alkyl halides is 2. The van der Waals surface area contributed by atoms with Gasteiger partial charge in [-0.2, -0.15) is 0 Å². The molecule has 0 aromatic heterocycles. The molecule has 2 unspecified atom stereocenters. The molecule has 1 saturated carbocycles. The third-order valence-corrected chi connectivity index (χ3v) is 3.89. The zero-order valence-corrected chi connectivity index (χ0v) is 10.4. The van der Waals surface area contributed by atoms with E-state index in [-0.39, 0.29) is 11.5 Å². The first-order valence-electron chi connectivity index (χ1n) is 4.94. The lowest BCUT2D eigenvalue weighted by molar-refractivity contribution is 0.445. The second kappa shape index (κ2) is 3.92. The molecular formula is C12H9Cl2F3. The van der Waals surface area contributed by atoms with Gasteiger partial charge in [-0.15, -0.1) is 23.2 Å². The fraction of sp³-hybridized carbons (Fsp3) is 0.333. The highest BCUT2D eigenvalue weighted by atomic mass is 35.5. The molecule has 0 N–H and O–H groups in total. The third-order valence-electron chi connectivity index (χ3n) is 2.95. The fourth-order valence-electron chi connectivity index (χ4n) is 2.11. The average molecular weight is 281 g/mol. The zero-order valence-electron chi connectivity index (χ0n) is 8.91. The maximum atomic E-state index is 13.1. The summed E-state index contributed by atoms with van der Waals surface area (Å²) in [6.45, 7) is 5.46. The van der Waals surface area contributed by atoms with Gasteiger partial charge in [0.1, 0.15) is 4.33 Å². The minimum absolute atomic E-state index is 0.249. The summed E-state index contributed by atoms with van der Waals surface area (Å²) in [5.41, 5.74) is 0.976. The molecular weight excluding hydrogens is 272 g/mol. The van der Waals surface area contributed by atoms with Gasteiger partial charge >= 0.3 is 0 Å². The van der Waals surface area contributed by atoms with Crippen molar-refractivity contribution in [3.63, 3.8) is 0 Å². The second-order valence-corrected chi connectivity index (χ2v) is 5.72. The van der Waals surface area contributed by atoms with Crippen LogP contribution in [0.15, 0.2) is 24.3 Å². The number of rotatable bonds is 2. The van der Waals surface area contributed by atoms with Crippen molar-refractivity contribution in [3.8, 4) is 0 Å². The van der Waals surface area contributed by atoms with Crippen molar-refractivity contribution >= 4 is 23.2 Å². The van der Waals surface area contributed by atoms with E-state index in [0.29, 0.717) is 0 Å². The van der Waals surface area contributed by atoms with Crippen molar-refractivity contribution in [2.24, 2.45) is 5.92 Å². The molecule has 0 bridgehead atoms. The first-order chi connectivity index (χ1) is 7.76. The molecule has 0 spiro atoms. The Balaban J connectivity index is 2.41. The molecule has 1 aromatic carbocycles. The molecule has 1 aliphatic carbocycles. The molecule has 92 valence electrons. The van der Waals surface area contributed by atoms with Gasteiger partial charge in [0.2, 0.25) is 0 Å². The summed E-state index contributed by atoms with van der Waals surface area (Å²) in [6, 6.07) is 1.84. The summed E-state index contributed by atoms with van der Waals surface area (Å²) < 4.78 is 37.9. The van der Waals surface area contributed by atoms with Gasteiger partial charge in [0.25, 0.3) is 0 Å². The largest absolute Gasteiger partial charge is 0.204 e. The van der Waals surface area contributed by atoms with Crippen LogP contribution >= 0.6 is 23.2 Å². The predicted molar refractivity (Wildman–Crippen MR) is 61.8 cm³/mol. The highest BCUT2D eigenvalue weighted by Crippen LogP contribution is 2.67. The maximum Gasteiger partial charge on any atom is 0.194 e. The molecule has 1 aliphatic rings. The standard InChI is InChI=1S/C12H9Cl2F3/c1-5(2)9-10(12(9,13)14)6-3-7(15)11(17)8(16)4-6/h3-4,9-10H,1H2,2H3. The number of benzene rings is 1. The lowest BCUT2D eigenvalue weighted by atomic mass is 10.1. The van der Waals surface area contributed by atoms with Gasteiger partial charge in [-0.1, -0.05) is 12.2 Å². The summed E-state index contributed by atoms with van der Waals surface area (Å²) in [4.78, 5) is 0. The monoisotopic (exact) mass is 280 g/mol. The van der Waals surface area contributed by atoms with Crippen molar-refractivity contribution in [2.45, 2.75) is 17.2 Å². The van der Waals surface area contributed by atoms with Crippen LogP contribution in [-0.2, 0) is 0 Å². The van der Waals surface area contributed by atoms with E-state index in [0.717, 1.165) is 17.7 Å². The quantitative estimate of drug-likeness (QED) is 0.423. The Labute approximate surface area is 107 Å². The third kappa shape index (κ3) is 1.95. The average Bonchev–Trinajstić information content (AvgIpc) is 2.77. The van der Waals surface area contributed by atoms with Crippen molar-refractivity contribution in [2.75, 3.05) is 0 Å². The van der Waals surface area contributed by atoms with Crippen LogP contribution in [0.2, 0.25) is 0 Å². The molecule has 2 atom stereocenters. The molecule has 0 amide bonds. The van der Waals surface area contributed by atoms with Crippen LogP contribution in [0, 0.1) is 23.4 Å². The summed E-state index contributed by atoms with van der Waals surface area (Å²) in [5, 5.41) is 0. The van der Waals surface area contributed by atoms with Crippen LogP contribution in [0.4, 0.5) is 13.2 Å². The van der Waals surface area contributed by atoms with Gasteiger partial charge in [-0.05, 0) is 24.6 Å². The van der Waals surface area contributed by atoms with Gasteiger partial charge in [0.05, 0.1) is 0 Å². The Kier molecular flexibility index (Phi) is 2.95. The van der Waals surface area contributed by atoms with E-state index < -0.39 is 27.7 Å². The van der Waals surface area contributed by atoms with E-state index in [1.165, 1.54) is 0 Å². The van der Waals surface area contributed by atoms with Crippen LogP contribution in [0.1, 0.15) is 18.4 Å². The van der Waals surface area contributed by atoms with Gasteiger partial charge in [0.15, 0.2) is 17.5 Å². The van der Waals surface area contributed by atoms with Crippen LogP contribution in [-0.4, -0.2) is 4.33 Å². The van der Waals surface area contributed by atoms with Crippen molar-refractivity contribution in [1.29, 1.82) is 0 Å². The van der Waals surface area contributed by atoms with Crippen molar-refractivity contribution in [1.82, 2.24) is 0 Å². The van der Waals surface area contributed by atoms with Gasteiger partial charge in [0, 0.05) is 11.8 Å². The molecule has 0 aliphatic heterocycles. The summed E-state index contributed by atoms with van der Waals surface area (Å²) in [6.07, 6.45) is 0. The van der Waals surface area contributed by atoms with E-state index in [1.54, 1.807) is 6.92 Å². The normalized spacial score (nSPS) is 25.8. The van der Waals surface area contributed by atoms with Crippen LogP contribution in [0.25, 0.3) is 0 Å². The Bertz CT molecular complexity index is 474. The first-order valence-corrected chi connectivity index (χ1v) is 5.70. The minimum atomic E-state index is -1.49. The number of hydrogen-bond donors (Lipinski definition) is 0. The SMILES string of the molecule is C=C(C)C1C(c2cc(F)c(F)c(F)c2)C1(Cl)Cl. The Morgan fingerprint density at radius 3 is 2.06 bits per heavy atom. The molecule has 17 heavy (non-hydrogen) atoms. The van der Waals surface area contributed by atoms with Crippen LogP contribution in [0.3, 0.4) is 0 Å². The Morgan fingerprint density at radius 2 is 1.71 bits per heavy atom. The fourth-order valence-corrected chi connectivity index (χ4v) is 3.11. The molecule has 1 aromatic rings. The topological polar surface area (TPSA) is 0 Å². The van der Waals surface area contributed by atoms with E-state index in [4.69, 9.17) is 23.2 Å². The highest BCUT2D eigenvalue weighted by Gasteiger charge is 2.64. The molecule has 0 nitrogen and oxygen atoms in total. The number of halogens is 5. The van der Waals surface area contributed by atoms with Crippen LogP contribution < -0.4 is 0 Å². The summed E-state index contributed by atoms with van der Waals surface area (Å²) in [7, 11) is 0. The maximum absolute atomic E-state index is 13.1. The molecule has 0 radical (unpaired) electrons. The van der Waals surface area contributed by atoms with E-state index in [1.807, 2.05) is 0 Å². The van der Waals surface area contributed by atoms with Gasteiger partial charge in [-0.25, -0.2) is 13.2 Å². The number of allylic oxidation sites excluding steroid dienone is 1. The van der Waals surface area contributed by atoms with Crippen LogP contribution in [0.5, 0.6) is 0 Å². The lowest BCUT2D eigenvalue weighted by Crippen LogP contribution is -1.96.